The van der Waals surface area contributed by atoms with E-state index in [1.165, 1.54) is 11.3 Å². The van der Waals surface area contributed by atoms with Gasteiger partial charge in [0.05, 0.1) is 4.88 Å². The molecule has 2 heterocycles. The lowest BCUT2D eigenvalue weighted by Crippen LogP contribution is -2.51. The van der Waals surface area contributed by atoms with Gasteiger partial charge in [0.25, 0.3) is 5.91 Å². The topological polar surface area (TPSA) is 66.6 Å². The zero-order valence-electron chi connectivity index (χ0n) is 9.80. The lowest BCUT2D eigenvalue weighted by Gasteiger charge is -2.37. The standard InChI is InChI=1S/C13H14N2O2S/c14-10-1-2-11-9(3-10)4-12(18-11)13(17)15-5-8(6-15)7-16/h1-4,8,16H,5-7,14H2. The molecule has 0 aliphatic carbocycles. The highest BCUT2D eigenvalue weighted by atomic mass is 32.1. The van der Waals surface area contributed by atoms with Crippen LogP contribution in [0.4, 0.5) is 5.69 Å². The van der Waals surface area contributed by atoms with E-state index in [1.807, 2.05) is 24.3 Å². The van der Waals surface area contributed by atoms with Crippen LogP contribution >= 0.6 is 11.3 Å². The minimum atomic E-state index is 0.0551. The van der Waals surface area contributed by atoms with Crippen LogP contribution in [0.2, 0.25) is 0 Å². The number of fused-ring (bicyclic) bond motifs is 1. The summed E-state index contributed by atoms with van der Waals surface area (Å²) in [6, 6.07) is 7.57. The first-order valence-corrected chi connectivity index (χ1v) is 6.68. The largest absolute Gasteiger partial charge is 0.399 e. The Kier molecular flexibility index (Phi) is 2.72. The second-order valence-corrected chi connectivity index (χ2v) is 5.75. The fraction of sp³-hybridized carbons (Fsp3) is 0.308. The molecule has 0 saturated carbocycles. The van der Waals surface area contributed by atoms with Crippen LogP contribution in [0.5, 0.6) is 0 Å². The average molecular weight is 262 g/mol. The molecule has 1 saturated heterocycles. The van der Waals surface area contributed by atoms with Gasteiger partial charge in [0, 0.05) is 36.0 Å². The Bertz CT molecular complexity index is 602. The quantitative estimate of drug-likeness (QED) is 0.807. The second kappa shape index (κ2) is 4.26. The van der Waals surface area contributed by atoms with Gasteiger partial charge in [-0.2, -0.15) is 0 Å². The third kappa shape index (κ3) is 1.85. The van der Waals surface area contributed by atoms with Crippen LogP contribution < -0.4 is 5.73 Å². The van der Waals surface area contributed by atoms with Crippen molar-refractivity contribution in [2.75, 3.05) is 25.4 Å². The molecule has 94 valence electrons. The number of likely N-dealkylation sites (tertiary alicyclic amines) is 1. The number of carbonyl (C=O) groups is 1. The summed E-state index contributed by atoms with van der Waals surface area (Å²) in [6.45, 7) is 1.48. The predicted molar refractivity (Wildman–Crippen MR) is 72.7 cm³/mol. The van der Waals surface area contributed by atoms with E-state index in [9.17, 15) is 4.79 Å². The number of hydrogen-bond acceptors (Lipinski definition) is 4. The highest BCUT2D eigenvalue weighted by Gasteiger charge is 2.31. The Morgan fingerprint density at radius 3 is 2.94 bits per heavy atom. The SMILES string of the molecule is Nc1ccc2sc(C(=O)N3CC(CO)C3)cc2c1. The molecule has 0 spiro atoms. The van der Waals surface area contributed by atoms with Gasteiger partial charge in [-0.1, -0.05) is 0 Å². The number of anilines is 1. The Morgan fingerprint density at radius 1 is 1.44 bits per heavy atom. The number of benzene rings is 1. The molecule has 1 aromatic carbocycles. The third-order valence-electron chi connectivity index (χ3n) is 3.25. The van der Waals surface area contributed by atoms with Crippen molar-refractivity contribution < 1.29 is 9.90 Å². The van der Waals surface area contributed by atoms with Gasteiger partial charge in [0.1, 0.15) is 0 Å². The minimum Gasteiger partial charge on any atom is -0.399 e. The Labute approximate surface area is 109 Å². The summed E-state index contributed by atoms with van der Waals surface area (Å²) >= 11 is 1.49. The van der Waals surface area contributed by atoms with Crippen LogP contribution in [0.1, 0.15) is 9.67 Å². The van der Waals surface area contributed by atoms with Crippen molar-refractivity contribution in [3.63, 3.8) is 0 Å². The van der Waals surface area contributed by atoms with Gasteiger partial charge in [-0.25, -0.2) is 0 Å². The van der Waals surface area contributed by atoms with Crippen LogP contribution in [-0.2, 0) is 0 Å². The molecule has 0 radical (unpaired) electrons. The smallest absolute Gasteiger partial charge is 0.263 e. The number of thiophene rings is 1. The maximum absolute atomic E-state index is 12.2. The monoisotopic (exact) mass is 262 g/mol. The number of rotatable bonds is 2. The zero-order chi connectivity index (χ0) is 12.7. The number of aliphatic hydroxyl groups excluding tert-OH is 1. The fourth-order valence-electron chi connectivity index (χ4n) is 2.17. The highest BCUT2D eigenvalue weighted by molar-refractivity contribution is 7.20. The molecule has 3 rings (SSSR count). The summed E-state index contributed by atoms with van der Waals surface area (Å²) in [5.74, 6) is 0.304. The minimum absolute atomic E-state index is 0.0551. The average Bonchev–Trinajstić information content (AvgIpc) is 2.70. The number of aliphatic hydroxyl groups is 1. The molecule has 1 aromatic heterocycles. The van der Waals surface area contributed by atoms with Gasteiger partial charge in [-0.15, -0.1) is 11.3 Å². The summed E-state index contributed by atoms with van der Waals surface area (Å²) in [6.07, 6.45) is 0. The maximum Gasteiger partial charge on any atom is 0.263 e. The molecule has 0 atom stereocenters. The molecule has 1 aliphatic heterocycles. The zero-order valence-corrected chi connectivity index (χ0v) is 10.6. The Hall–Kier alpha value is -1.59. The van der Waals surface area contributed by atoms with Crippen molar-refractivity contribution in [2.24, 2.45) is 5.92 Å². The summed E-state index contributed by atoms with van der Waals surface area (Å²) < 4.78 is 1.08. The van der Waals surface area contributed by atoms with Crippen molar-refractivity contribution in [3.05, 3.63) is 29.1 Å². The van der Waals surface area contributed by atoms with Crippen LogP contribution in [0.25, 0.3) is 10.1 Å². The molecule has 5 heteroatoms. The lowest BCUT2D eigenvalue weighted by atomic mass is 10.0. The van der Waals surface area contributed by atoms with Gasteiger partial charge < -0.3 is 15.7 Å². The number of carbonyl (C=O) groups excluding carboxylic acids is 1. The first kappa shape index (κ1) is 11.5. The Morgan fingerprint density at radius 2 is 2.22 bits per heavy atom. The van der Waals surface area contributed by atoms with Crippen LogP contribution in [0, 0.1) is 5.92 Å². The lowest BCUT2D eigenvalue weighted by molar-refractivity contribution is 0.0366. The molecule has 1 fully saturated rings. The van der Waals surface area contributed by atoms with Gasteiger partial charge in [-0.05, 0) is 29.7 Å². The molecular weight excluding hydrogens is 248 g/mol. The van der Waals surface area contributed by atoms with Crippen LogP contribution in [-0.4, -0.2) is 35.6 Å². The predicted octanol–water partition coefficient (Wildman–Crippen LogP) is 1.55. The van der Waals surface area contributed by atoms with Gasteiger partial charge >= 0.3 is 0 Å². The second-order valence-electron chi connectivity index (χ2n) is 4.67. The van der Waals surface area contributed by atoms with E-state index in [4.69, 9.17) is 10.8 Å². The van der Waals surface area contributed by atoms with E-state index in [1.54, 1.807) is 4.90 Å². The van der Waals surface area contributed by atoms with E-state index in [0.29, 0.717) is 18.8 Å². The molecule has 3 N–H and O–H groups in total. The molecule has 4 nitrogen and oxygen atoms in total. The van der Waals surface area contributed by atoms with Gasteiger partial charge in [0.2, 0.25) is 0 Å². The van der Waals surface area contributed by atoms with Crippen LogP contribution in [0.3, 0.4) is 0 Å². The van der Waals surface area contributed by atoms with Gasteiger partial charge in [-0.3, -0.25) is 4.79 Å². The fourth-order valence-corrected chi connectivity index (χ4v) is 3.19. The first-order chi connectivity index (χ1) is 8.67. The molecule has 2 aromatic rings. The maximum atomic E-state index is 12.2. The number of hydrogen-bond donors (Lipinski definition) is 2. The van der Waals surface area contributed by atoms with Crippen molar-refractivity contribution in [1.29, 1.82) is 0 Å². The Balaban J connectivity index is 1.84. The number of nitrogen functional groups attached to an aromatic ring is 1. The number of nitrogens with two attached hydrogens (primary N) is 1. The van der Waals surface area contributed by atoms with Crippen molar-refractivity contribution in [3.8, 4) is 0 Å². The summed E-state index contributed by atoms with van der Waals surface area (Å²) in [7, 11) is 0. The molecular formula is C13H14N2O2S. The molecule has 1 aliphatic rings. The third-order valence-corrected chi connectivity index (χ3v) is 4.36. The summed E-state index contributed by atoms with van der Waals surface area (Å²) in [5.41, 5.74) is 6.44. The van der Waals surface area contributed by atoms with Crippen molar-refractivity contribution >= 4 is 33.0 Å². The van der Waals surface area contributed by atoms with E-state index in [-0.39, 0.29) is 18.4 Å². The first-order valence-electron chi connectivity index (χ1n) is 5.86. The molecule has 18 heavy (non-hydrogen) atoms. The summed E-state index contributed by atoms with van der Waals surface area (Å²) in [5, 5.41) is 9.97. The van der Waals surface area contributed by atoms with Crippen molar-refractivity contribution in [1.82, 2.24) is 4.90 Å². The van der Waals surface area contributed by atoms with Crippen molar-refractivity contribution in [2.45, 2.75) is 0 Å². The molecule has 1 amide bonds. The highest BCUT2D eigenvalue weighted by Crippen LogP contribution is 2.29. The van der Waals surface area contributed by atoms with E-state index in [2.05, 4.69) is 0 Å². The van der Waals surface area contributed by atoms with E-state index < -0.39 is 0 Å². The van der Waals surface area contributed by atoms with Crippen LogP contribution in [0.15, 0.2) is 24.3 Å². The number of nitrogens with zero attached hydrogens (tertiary/aromatic N) is 1. The summed E-state index contributed by atoms with van der Waals surface area (Å²) in [4.78, 5) is 14.7. The number of amides is 1. The molecule has 0 bridgehead atoms. The van der Waals surface area contributed by atoms with E-state index in [0.717, 1.165) is 15.0 Å². The van der Waals surface area contributed by atoms with Gasteiger partial charge in [0.15, 0.2) is 0 Å². The molecule has 0 unspecified atom stereocenters. The normalized spacial score (nSPS) is 15.9. The van der Waals surface area contributed by atoms with E-state index >= 15 is 0 Å².